The molecule has 2 aromatic rings. The standard InChI is InChI=1S/C27H36N2O5/c1-7-23(26(31)28-25-20(5)15-19(4)16-22(25)27(32)33-6)29(8-2,9-3)17-24(30)34-18-21-13-11-10-12-14-21/h10-16,23H,7-9,17-18H2,1-6H3/p+1. The first-order chi connectivity index (χ1) is 16.2. The first-order valence-electron chi connectivity index (χ1n) is 11.8. The topological polar surface area (TPSA) is 81.7 Å². The Morgan fingerprint density at radius 3 is 2.21 bits per heavy atom. The number of rotatable bonds is 11. The molecule has 0 spiro atoms. The van der Waals surface area contributed by atoms with Crippen LogP contribution in [0.15, 0.2) is 42.5 Å². The third-order valence-corrected chi connectivity index (χ3v) is 6.43. The van der Waals surface area contributed by atoms with Crippen molar-refractivity contribution in [2.24, 2.45) is 0 Å². The number of hydrogen-bond acceptors (Lipinski definition) is 5. The molecule has 0 aliphatic rings. The van der Waals surface area contributed by atoms with E-state index in [-0.39, 0.29) is 29.5 Å². The highest BCUT2D eigenvalue weighted by Crippen LogP contribution is 2.26. The summed E-state index contributed by atoms with van der Waals surface area (Å²) in [5.41, 5.74) is 3.35. The van der Waals surface area contributed by atoms with Crippen molar-refractivity contribution in [3.05, 3.63) is 64.7 Å². The molecule has 184 valence electrons. The number of quaternary nitrogens is 1. The second-order valence-corrected chi connectivity index (χ2v) is 8.56. The van der Waals surface area contributed by atoms with E-state index in [1.807, 2.05) is 71.0 Å². The van der Waals surface area contributed by atoms with E-state index in [2.05, 4.69) is 5.32 Å². The number of hydrogen-bond donors (Lipinski definition) is 1. The van der Waals surface area contributed by atoms with Crippen LogP contribution < -0.4 is 5.32 Å². The molecular weight excluding hydrogens is 432 g/mol. The van der Waals surface area contributed by atoms with Crippen LogP contribution in [0, 0.1) is 13.8 Å². The average molecular weight is 470 g/mol. The number of nitrogens with one attached hydrogen (secondary N) is 1. The quantitative estimate of drug-likeness (QED) is 0.389. The van der Waals surface area contributed by atoms with Crippen molar-refractivity contribution in [1.29, 1.82) is 0 Å². The van der Waals surface area contributed by atoms with Crippen LogP contribution in [0.25, 0.3) is 0 Å². The number of carbonyl (C=O) groups is 3. The van der Waals surface area contributed by atoms with Gasteiger partial charge in [0.15, 0.2) is 12.6 Å². The van der Waals surface area contributed by atoms with Crippen molar-refractivity contribution in [1.82, 2.24) is 0 Å². The van der Waals surface area contributed by atoms with E-state index in [1.54, 1.807) is 6.07 Å². The van der Waals surface area contributed by atoms with Gasteiger partial charge < -0.3 is 19.3 Å². The molecule has 1 atom stereocenters. The Morgan fingerprint density at radius 2 is 1.65 bits per heavy atom. The molecule has 0 fully saturated rings. The summed E-state index contributed by atoms with van der Waals surface area (Å²) in [7, 11) is 1.32. The van der Waals surface area contributed by atoms with Gasteiger partial charge >= 0.3 is 11.9 Å². The third-order valence-electron chi connectivity index (χ3n) is 6.43. The minimum Gasteiger partial charge on any atom is -0.465 e. The lowest BCUT2D eigenvalue weighted by Gasteiger charge is -2.41. The van der Waals surface area contributed by atoms with Gasteiger partial charge in [-0.2, -0.15) is 0 Å². The van der Waals surface area contributed by atoms with Crippen LogP contribution in [-0.4, -0.2) is 55.1 Å². The van der Waals surface area contributed by atoms with Gasteiger partial charge in [0.1, 0.15) is 6.61 Å². The van der Waals surface area contributed by atoms with Gasteiger partial charge in [-0.15, -0.1) is 0 Å². The molecule has 2 rings (SSSR count). The van der Waals surface area contributed by atoms with Gasteiger partial charge in [-0.25, -0.2) is 9.59 Å². The van der Waals surface area contributed by atoms with Crippen molar-refractivity contribution in [2.45, 2.75) is 53.7 Å². The van der Waals surface area contributed by atoms with Gasteiger partial charge in [0.2, 0.25) is 0 Å². The summed E-state index contributed by atoms with van der Waals surface area (Å²) in [5.74, 6) is -1.09. The summed E-state index contributed by atoms with van der Waals surface area (Å²) in [4.78, 5) is 38.7. The highest BCUT2D eigenvalue weighted by Gasteiger charge is 2.41. The largest absolute Gasteiger partial charge is 0.465 e. The molecule has 1 amide bonds. The summed E-state index contributed by atoms with van der Waals surface area (Å²) >= 11 is 0. The van der Waals surface area contributed by atoms with Crippen LogP contribution in [-0.2, 0) is 25.7 Å². The van der Waals surface area contributed by atoms with Crippen LogP contribution in [0.4, 0.5) is 5.69 Å². The van der Waals surface area contributed by atoms with Gasteiger partial charge in [0.05, 0.1) is 31.5 Å². The Morgan fingerprint density at radius 1 is 1.00 bits per heavy atom. The number of ether oxygens (including phenoxy) is 2. The Labute approximate surface area is 202 Å². The molecule has 0 radical (unpaired) electrons. The summed E-state index contributed by atoms with van der Waals surface area (Å²) in [5, 5.41) is 2.97. The Bertz CT molecular complexity index is 1000. The second kappa shape index (κ2) is 12.3. The van der Waals surface area contributed by atoms with E-state index in [0.29, 0.717) is 30.8 Å². The molecule has 0 saturated heterocycles. The zero-order valence-corrected chi connectivity index (χ0v) is 21.1. The lowest BCUT2D eigenvalue weighted by molar-refractivity contribution is -0.932. The molecule has 1 N–H and O–H groups in total. The smallest absolute Gasteiger partial charge is 0.362 e. The van der Waals surface area contributed by atoms with Crippen LogP contribution in [0.3, 0.4) is 0 Å². The molecule has 2 aromatic carbocycles. The fraction of sp³-hybridized carbons (Fsp3) is 0.444. The highest BCUT2D eigenvalue weighted by molar-refractivity contribution is 6.03. The number of anilines is 1. The minimum atomic E-state index is -0.508. The predicted molar refractivity (Wildman–Crippen MR) is 132 cm³/mol. The average Bonchev–Trinajstić information content (AvgIpc) is 2.84. The lowest BCUT2D eigenvalue weighted by Crippen LogP contribution is -2.61. The molecule has 0 saturated carbocycles. The number of esters is 2. The third kappa shape index (κ3) is 6.44. The van der Waals surface area contributed by atoms with Crippen molar-refractivity contribution in [3.8, 4) is 0 Å². The summed E-state index contributed by atoms with van der Waals surface area (Å²) in [6.45, 7) is 11.1. The molecule has 0 aliphatic carbocycles. The van der Waals surface area contributed by atoms with E-state index in [0.717, 1.165) is 16.7 Å². The van der Waals surface area contributed by atoms with Gasteiger partial charge in [0, 0.05) is 6.42 Å². The van der Waals surface area contributed by atoms with Crippen molar-refractivity contribution in [3.63, 3.8) is 0 Å². The maximum atomic E-state index is 13.5. The maximum absolute atomic E-state index is 13.5. The molecular formula is C27H37N2O5+. The molecule has 1 unspecified atom stereocenters. The minimum absolute atomic E-state index is 0.0858. The van der Waals surface area contributed by atoms with Gasteiger partial charge in [0.25, 0.3) is 5.91 Å². The molecule has 7 nitrogen and oxygen atoms in total. The highest BCUT2D eigenvalue weighted by atomic mass is 16.5. The number of methoxy groups -OCH3 is 1. The van der Waals surface area contributed by atoms with E-state index in [1.165, 1.54) is 7.11 Å². The molecule has 0 heterocycles. The predicted octanol–water partition coefficient (Wildman–Crippen LogP) is 4.41. The van der Waals surface area contributed by atoms with Crippen LogP contribution in [0.5, 0.6) is 0 Å². The van der Waals surface area contributed by atoms with Crippen LogP contribution in [0.1, 0.15) is 54.2 Å². The van der Waals surface area contributed by atoms with Crippen LogP contribution in [0.2, 0.25) is 0 Å². The number of benzene rings is 2. The first-order valence-corrected chi connectivity index (χ1v) is 11.8. The van der Waals surface area contributed by atoms with Crippen molar-refractivity contribution < 1.29 is 28.3 Å². The Kier molecular flexibility index (Phi) is 9.81. The van der Waals surface area contributed by atoms with E-state index < -0.39 is 12.0 Å². The molecule has 7 heteroatoms. The molecule has 0 aliphatic heterocycles. The van der Waals surface area contributed by atoms with Crippen molar-refractivity contribution >= 4 is 23.5 Å². The van der Waals surface area contributed by atoms with E-state index >= 15 is 0 Å². The second-order valence-electron chi connectivity index (χ2n) is 8.56. The number of carbonyl (C=O) groups excluding carboxylic acids is 3. The normalized spacial score (nSPS) is 12.1. The molecule has 0 aromatic heterocycles. The number of amides is 1. The van der Waals surface area contributed by atoms with Gasteiger partial charge in [-0.3, -0.25) is 4.79 Å². The SMILES string of the molecule is CCC(C(=O)Nc1c(C)cc(C)cc1C(=O)OC)[N+](CC)(CC)CC(=O)OCc1ccccc1. The van der Waals surface area contributed by atoms with Gasteiger partial charge in [-0.1, -0.05) is 43.3 Å². The summed E-state index contributed by atoms with van der Waals surface area (Å²) < 4.78 is 10.7. The van der Waals surface area contributed by atoms with Crippen molar-refractivity contribution in [2.75, 3.05) is 32.1 Å². The first kappa shape index (κ1) is 27.1. The number of likely N-dealkylation sites (N-methyl/N-ethyl adjacent to an activating group) is 1. The fourth-order valence-electron chi connectivity index (χ4n) is 4.47. The maximum Gasteiger partial charge on any atom is 0.362 e. The number of aryl methyl sites for hydroxylation is 2. The Balaban J connectivity index is 2.26. The Hall–Kier alpha value is -3.19. The zero-order valence-electron chi connectivity index (χ0n) is 21.1. The monoisotopic (exact) mass is 469 g/mol. The van der Waals surface area contributed by atoms with E-state index in [9.17, 15) is 14.4 Å². The fourth-order valence-corrected chi connectivity index (χ4v) is 4.47. The lowest BCUT2D eigenvalue weighted by atomic mass is 10.0. The summed E-state index contributed by atoms with van der Waals surface area (Å²) in [6.07, 6.45) is 0.526. The summed E-state index contributed by atoms with van der Waals surface area (Å²) in [6, 6.07) is 12.6. The molecule has 34 heavy (non-hydrogen) atoms. The number of nitrogens with zero attached hydrogens (tertiary/aromatic N) is 1. The van der Waals surface area contributed by atoms with Gasteiger partial charge in [-0.05, 0) is 50.5 Å². The van der Waals surface area contributed by atoms with Crippen LogP contribution >= 0.6 is 0 Å². The van der Waals surface area contributed by atoms with E-state index in [4.69, 9.17) is 9.47 Å². The zero-order chi connectivity index (χ0) is 25.3. The molecule has 0 bridgehead atoms.